The van der Waals surface area contributed by atoms with Crippen molar-refractivity contribution in [3.63, 3.8) is 0 Å². The summed E-state index contributed by atoms with van der Waals surface area (Å²) in [6, 6.07) is 1.11. The third-order valence-electron chi connectivity index (χ3n) is 2.00. The van der Waals surface area contributed by atoms with Crippen LogP contribution in [0.3, 0.4) is 0 Å². The number of carbonyl (C=O) groups excluding carboxylic acids is 1. The summed E-state index contributed by atoms with van der Waals surface area (Å²) < 4.78 is 37.4. The highest BCUT2D eigenvalue weighted by molar-refractivity contribution is 9.10. The Labute approximate surface area is 112 Å². The van der Waals surface area contributed by atoms with Gasteiger partial charge in [0.15, 0.2) is 5.78 Å². The summed E-state index contributed by atoms with van der Waals surface area (Å²) >= 11 is 7.86. The van der Waals surface area contributed by atoms with Crippen molar-refractivity contribution in [3.8, 4) is 0 Å². The van der Waals surface area contributed by atoms with E-state index in [0.29, 0.717) is 6.07 Å². The van der Waals surface area contributed by atoms with Gasteiger partial charge in [-0.1, -0.05) is 0 Å². The van der Waals surface area contributed by atoms with Gasteiger partial charge < -0.3 is 0 Å². The molecule has 0 fully saturated rings. The quantitative estimate of drug-likeness (QED) is 0.362. The molecule has 0 radical (unpaired) electrons. The minimum absolute atomic E-state index is 0.356. The van der Waals surface area contributed by atoms with Gasteiger partial charge in [0, 0.05) is 22.2 Å². The first-order valence-electron chi connectivity index (χ1n) is 4.32. The van der Waals surface area contributed by atoms with E-state index in [9.17, 15) is 28.1 Å². The molecule has 0 heterocycles. The summed E-state index contributed by atoms with van der Waals surface area (Å²) in [4.78, 5) is 20.9. The van der Waals surface area contributed by atoms with E-state index in [4.69, 9.17) is 11.6 Å². The number of nitro groups is 1. The van der Waals surface area contributed by atoms with Crippen LogP contribution >= 0.6 is 27.5 Å². The molecule has 18 heavy (non-hydrogen) atoms. The number of halogens is 5. The molecule has 0 unspecified atom stereocenters. The van der Waals surface area contributed by atoms with Crippen molar-refractivity contribution < 1.29 is 22.9 Å². The lowest BCUT2D eigenvalue weighted by Crippen LogP contribution is -2.11. The van der Waals surface area contributed by atoms with Crippen LogP contribution in [-0.2, 0) is 6.18 Å². The van der Waals surface area contributed by atoms with Gasteiger partial charge in [-0.05, 0) is 15.9 Å². The molecule has 1 rings (SSSR count). The molecule has 0 aromatic heterocycles. The van der Waals surface area contributed by atoms with E-state index in [0.717, 1.165) is 6.07 Å². The lowest BCUT2D eigenvalue weighted by atomic mass is 10.1. The van der Waals surface area contributed by atoms with Crippen LogP contribution in [0.5, 0.6) is 0 Å². The van der Waals surface area contributed by atoms with Crippen LogP contribution in [0, 0.1) is 10.1 Å². The summed E-state index contributed by atoms with van der Waals surface area (Å²) in [5, 5.41) is 10.5. The predicted octanol–water partition coefficient (Wildman–Crippen LogP) is 3.80. The molecule has 0 atom stereocenters. The molecule has 0 saturated carbocycles. The molecule has 0 amide bonds. The van der Waals surface area contributed by atoms with Crippen LogP contribution < -0.4 is 0 Å². The zero-order valence-corrected chi connectivity index (χ0v) is 10.8. The fraction of sp³-hybridized carbons (Fsp3) is 0.222. The number of benzene rings is 1. The zero-order valence-electron chi connectivity index (χ0n) is 8.42. The molecule has 98 valence electrons. The van der Waals surface area contributed by atoms with Crippen LogP contribution in [-0.4, -0.2) is 16.6 Å². The molecule has 4 nitrogen and oxygen atoms in total. The van der Waals surface area contributed by atoms with E-state index in [1.54, 1.807) is 0 Å². The highest BCUT2D eigenvalue weighted by Crippen LogP contribution is 2.39. The highest BCUT2D eigenvalue weighted by Gasteiger charge is 2.36. The molecule has 0 aliphatic rings. The first-order valence-corrected chi connectivity index (χ1v) is 5.65. The minimum Gasteiger partial charge on any atom is -0.293 e. The molecule has 0 N–H and O–H groups in total. The Kier molecular flexibility index (Phi) is 4.33. The van der Waals surface area contributed by atoms with Gasteiger partial charge in [-0.2, -0.15) is 13.2 Å². The predicted molar refractivity (Wildman–Crippen MR) is 60.8 cm³/mol. The average molecular weight is 346 g/mol. The maximum absolute atomic E-state index is 12.6. The Morgan fingerprint density at radius 3 is 2.39 bits per heavy atom. The number of ketones is 1. The topological polar surface area (TPSA) is 60.2 Å². The molecular weight excluding hydrogens is 342 g/mol. The molecular formula is C9H4BrClF3NO3. The first-order chi connectivity index (χ1) is 8.18. The number of rotatable bonds is 3. The Morgan fingerprint density at radius 2 is 2.00 bits per heavy atom. The van der Waals surface area contributed by atoms with Gasteiger partial charge in [-0.25, -0.2) is 0 Å². The minimum atomic E-state index is -4.81. The van der Waals surface area contributed by atoms with Crippen molar-refractivity contribution in [3.05, 3.63) is 37.8 Å². The highest BCUT2D eigenvalue weighted by atomic mass is 79.9. The fourth-order valence-corrected chi connectivity index (χ4v) is 2.01. The van der Waals surface area contributed by atoms with Gasteiger partial charge in [-0.3, -0.25) is 14.9 Å². The van der Waals surface area contributed by atoms with Gasteiger partial charge in [0.25, 0.3) is 5.69 Å². The number of carbonyl (C=O) groups is 1. The molecule has 0 bridgehead atoms. The van der Waals surface area contributed by atoms with E-state index in [1.165, 1.54) is 0 Å². The smallest absolute Gasteiger partial charge is 0.293 e. The summed E-state index contributed by atoms with van der Waals surface area (Å²) in [5.74, 6) is -1.41. The Bertz CT molecular complexity index is 519. The van der Waals surface area contributed by atoms with Crippen LogP contribution in [0.2, 0.25) is 0 Å². The van der Waals surface area contributed by atoms with Crippen LogP contribution in [0.1, 0.15) is 15.9 Å². The van der Waals surface area contributed by atoms with Crippen molar-refractivity contribution in [2.24, 2.45) is 0 Å². The van der Waals surface area contributed by atoms with Gasteiger partial charge in [0.05, 0.1) is 16.4 Å². The second kappa shape index (κ2) is 5.23. The molecule has 0 spiro atoms. The second-order valence-electron chi connectivity index (χ2n) is 3.17. The SMILES string of the molecule is O=C(CCl)c1cc([N+](=O)[O-])cc(C(F)(F)F)c1Br. The zero-order chi connectivity index (χ0) is 14.1. The van der Waals surface area contributed by atoms with E-state index >= 15 is 0 Å². The van der Waals surface area contributed by atoms with Gasteiger partial charge in [-0.15, -0.1) is 11.6 Å². The Balaban J connectivity index is 3.58. The number of nitro benzene ring substituents is 1. The van der Waals surface area contributed by atoms with E-state index < -0.39 is 44.0 Å². The molecule has 0 aliphatic heterocycles. The van der Waals surface area contributed by atoms with Crippen LogP contribution in [0.25, 0.3) is 0 Å². The van der Waals surface area contributed by atoms with Crippen molar-refractivity contribution in [2.45, 2.75) is 6.18 Å². The maximum Gasteiger partial charge on any atom is 0.417 e. The number of non-ortho nitro benzene ring substituents is 1. The number of hydrogen-bond acceptors (Lipinski definition) is 3. The Hall–Kier alpha value is -1.15. The van der Waals surface area contributed by atoms with Crippen molar-refractivity contribution in [1.29, 1.82) is 0 Å². The summed E-state index contributed by atoms with van der Waals surface area (Å²) in [7, 11) is 0. The van der Waals surface area contributed by atoms with Crippen molar-refractivity contribution >= 4 is 39.0 Å². The van der Waals surface area contributed by atoms with Gasteiger partial charge in [0.2, 0.25) is 0 Å². The van der Waals surface area contributed by atoms with Crippen LogP contribution in [0.15, 0.2) is 16.6 Å². The number of alkyl halides is 4. The lowest BCUT2D eigenvalue weighted by Gasteiger charge is -2.11. The summed E-state index contributed by atoms with van der Waals surface area (Å²) in [6.07, 6.45) is -4.81. The van der Waals surface area contributed by atoms with Crippen LogP contribution in [0.4, 0.5) is 18.9 Å². The largest absolute Gasteiger partial charge is 0.417 e. The van der Waals surface area contributed by atoms with Crippen molar-refractivity contribution in [1.82, 2.24) is 0 Å². The van der Waals surface area contributed by atoms with Gasteiger partial charge >= 0.3 is 6.18 Å². The monoisotopic (exact) mass is 345 g/mol. The second-order valence-corrected chi connectivity index (χ2v) is 4.23. The molecule has 1 aromatic carbocycles. The fourth-order valence-electron chi connectivity index (χ4n) is 1.20. The Morgan fingerprint density at radius 1 is 1.44 bits per heavy atom. The normalized spacial score (nSPS) is 11.4. The van der Waals surface area contributed by atoms with E-state index in [-0.39, 0.29) is 0 Å². The summed E-state index contributed by atoms with van der Waals surface area (Å²) in [5.41, 5.74) is -2.57. The van der Waals surface area contributed by atoms with Crippen molar-refractivity contribution in [2.75, 3.05) is 5.88 Å². The molecule has 9 heteroatoms. The molecule has 0 aliphatic carbocycles. The third-order valence-corrected chi connectivity index (χ3v) is 3.09. The average Bonchev–Trinajstić information content (AvgIpc) is 2.26. The molecule has 1 aromatic rings. The number of Topliss-reactive ketones (excluding diaryl/α,β-unsaturated/α-hetero) is 1. The lowest BCUT2D eigenvalue weighted by molar-refractivity contribution is -0.385. The van der Waals surface area contributed by atoms with E-state index in [1.807, 2.05) is 0 Å². The number of nitrogens with zero attached hydrogens (tertiary/aromatic N) is 1. The number of hydrogen-bond donors (Lipinski definition) is 0. The standard InChI is InChI=1S/C9H4BrClF3NO3/c10-8-5(7(16)3-11)1-4(15(17)18)2-6(8)9(12,13)14/h1-2H,3H2. The van der Waals surface area contributed by atoms with Gasteiger partial charge in [0.1, 0.15) is 0 Å². The maximum atomic E-state index is 12.6. The van der Waals surface area contributed by atoms with E-state index in [2.05, 4.69) is 15.9 Å². The first kappa shape index (κ1) is 14.9. The summed E-state index contributed by atoms with van der Waals surface area (Å²) in [6.45, 7) is 0. The third kappa shape index (κ3) is 2.99. The molecule has 0 saturated heterocycles.